The maximum atomic E-state index is 13.1. The van der Waals surface area contributed by atoms with Crippen LogP contribution in [0.25, 0.3) is 11.4 Å². The third-order valence-corrected chi connectivity index (χ3v) is 3.70. The number of aryl methyl sites for hydroxylation is 1. The molecule has 2 aromatic rings. The number of alkyl halides is 3. The van der Waals surface area contributed by atoms with E-state index in [-0.39, 0.29) is 17.4 Å². The second-order valence-electron chi connectivity index (χ2n) is 5.14. The van der Waals surface area contributed by atoms with Crippen LogP contribution in [-0.4, -0.2) is 9.97 Å². The Morgan fingerprint density at radius 1 is 1.19 bits per heavy atom. The van der Waals surface area contributed by atoms with Gasteiger partial charge in [0.05, 0.1) is 5.56 Å². The van der Waals surface area contributed by atoms with Crippen molar-refractivity contribution in [3.63, 3.8) is 0 Å². The second kappa shape index (κ2) is 5.11. The highest BCUT2D eigenvalue weighted by Crippen LogP contribution is 2.36. The van der Waals surface area contributed by atoms with Gasteiger partial charge in [0.25, 0.3) is 0 Å². The first-order valence-corrected chi connectivity index (χ1v) is 6.75. The Balaban J connectivity index is 2.10. The quantitative estimate of drug-likeness (QED) is 0.875. The number of halogens is 3. The van der Waals surface area contributed by atoms with E-state index in [2.05, 4.69) is 9.97 Å². The molecule has 110 valence electrons. The lowest BCUT2D eigenvalue weighted by Gasteiger charge is -2.21. The highest BCUT2D eigenvalue weighted by atomic mass is 19.4. The lowest BCUT2D eigenvalue weighted by Crippen LogP contribution is -2.19. The van der Waals surface area contributed by atoms with Crippen molar-refractivity contribution in [2.75, 3.05) is 0 Å². The molecule has 2 N–H and O–H groups in total. The van der Waals surface area contributed by atoms with E-state index in [1.807, 2.05) is 0 Å². The summed E-state index contributed by atoms with van der Waals surface area (Å²) in [5.74, 6) is 0.107. The van der Waals surface area contributed by atoms with Crippen LogP contribution >= 0.6 is 0 Å². The molecule has 1 aromatic carbocycles. The molecule has 0 amide bonds. The van der Waals surface area contributed by atoms with E-state index in [4.69, 9.17) is 5.73 Å². The summed E-state index contributed by atoms with van der Waals surface area (Å²) >= 11 is 0. The second-order valence-corrected chi connectivity index (χ2v) is 5.14. The lowest BCUT2D eigenvalue weighted by atomic mass is 9.93. The monoisotopic (exact) mass is 293 g/mol. The minimum absolute atomic E-state index is 0.00643. The van der Waals surface area contributed by atoms with E-state index in [1.165, 1.54) is 12.1 Å². The summed E-state index contributed by atoms with van der Waals surface area (Å²) in [7, 11) is 0. The number of nitrogens with zero attached hydrogens (tertiary/aromatic N) is 2. The maximum absolute atomic E-state index is 13.1. The summed E-state index contributed by atoms with van der Waals surface area (Å²) < 4.78 is 39.2. The number of aromatic nitrogens is 2. The third-order valence-electron chi connectivity index (χ3n) is 3.70. The predicted molar refractivity (Wildman–Crippen MR) is 72.3 cm³/mol. The molecule has 1 aromatic heterocycles. The van der Waals surface area contributed by atoms with E-state index < -0.39 is 11.7 Å². The lowest BCUT2D eigenvalue weighted by molar-refractivity contribution is -0.137. The third kappa shape index (κ3) is 2.63. The molecule has 1 unspecified atom stereocenters. The normalized spacial score (nSPS) is 18.4. The van der Waals surface area contributed by atoms with Crippen LogP contribution < -0.4 is 5.73 Å². The fraction of sp³-hybridized carbons (Fsp3) is 0.333. The van der Waals surface area contributed by atoms with E-state index in [9.17, 15) is 13.2 Å². The van der Waals surface area contributed by atoms with Crippen molar-refractivity contribution in [2.24, 2.45) is 5.73 Å². The van der Waals surface area contributed by atoms with Crippen LogP contribution in [0.5, 0.6) is 0 Å². The Labute approximate surface area is 120 Å². The van der Waals surface area contributed by atoms with Crippen molar-refractivity contribution in [3.05, 3.63) is 47.3 Å². The summed E-state index contributed by atoms with van der Waals surface area (Å²) in [5.41, 5.74) is 6.87. The Morgan fingerprint density at radius 3 is 2.71 bits per heavy atom. The van der Waals surface area contributed by atoms with Gasteiger partial charge in [0.1, 0.15) is 0 Å². The summed E-state index contributed by atoms with van der Waals surface area (Å²) in [6.07, 6.45) is -0.381. The number of rotatable bonds is 1. The minimum Gasteiger partial charge on any atom is -0.324 e. The maximum Gasteiger partial charge on any atom is 0.417 e. The smallest absolute Gasteiger partial charge is 0.324 e. The molecule has 0 saturated heterocycles. The van der Waals surface area contributed by atoms with Crippen LogP contribution in [0.4, 0.5) is 13.2 Å². The van der Waals surface area contributed by atoms with Crippen molar-refractivity contribution in [3.8, 4) is 11.4 Å². The van der Waals surface area contributed by atoms with E-state index >= 15 is 0 Å². The Hall–Kier alpha value is -1.95. The fourth-order valence-corrected chi connectivity index (χ4v) is 2.64. The highest BCUT2D eigenvalue weighted by Gasteiger charge is 2.34. The van der Waals surface area contributed by atoms with Crippen LogP contribution in [0.2, 0.25) is 0 Å². The van der Waals surface area contributed by atoms with Gasteiger partial charge in [-0.3, -0.25) is 0 Å². The molecular weight excluding hydrogens is 279 g/mol. The number of nitrogens with two attached hydrogens (primary N) is 1. The van der Waals surface area contributed by atoms with Gasteiger partial charge < -0.3 is 5.73 Å². The zero-order valence-corrected chi connectivity index (χ0v) is 11.2. The van der Waals surface area contributed by atoms with Gasteiger partial charge in [0, 0.05) is 29.1 Å². The molecule has 1 aliphatic rings. The van der Waals surface area contributed by atoms with E-state index in [0.29, 0.717) is 0 Å². The zero-order valence-electron chi connectivity index (χ0n) is 11.2. The summed E-state index contributed by atoms with van der Waals surface area (Å²) in [5, 5.41) is 0. The molecular formula is C15H14F3N3. The van der Waals surface area contributed by atoms with Gasteiger partial charge in [-0.2, -0.15) is 13.2 Å². The first kappa shape index (κ1) is 14.0. The fourth-order valence-electron chi connectivity index (χ4n) is 2.64. The Kier molecular flexibility index (Phi) is 3.41. The Morgan fingerprint density at radius 2 is 1.95 bits per heavy atom. The van der Waals surface area contributed by atoms with Crippen molar-refractivity contribution in [2.45, 2.75) is 31.5 Å². The van der Waals surface area contributed by atoms with Gasteiger partial charge in [-0.25, -0.2) is 9.97 Å². The molecule has 0 fully saturated rings. The molecule has 0 saturated carbocycles. The molecule has 3 nitrogen and oxygen atoms in total. The summed E-state index contributed by atoms with van der Waals surface area (Å²) in [6, 6.07) is 5.23. The first-order valence-electron chi connectivity index (χ1n) is 6.75. The molecule has 0 spiro atoms. The number of fused-ring (bicyclic) bond motifs is 1. The molecule has 1 atom stereocenters. The van der Waals surface area contributed by atoms with Crippen LogP contribution in [0.15, 0.2) is 30.5 Å². The van der Waals surface area contributed by atoms with Crippen LogP contribution in [0, 0.1) is 0 Å². The molecule has 1 heterocycles. The van der Waals surface area contributed by atoms with Gasteiger partial charge in [0.2, 0.25) is 0 Å². The van der Waals surface area contributed by atoms with Gasteiger partial charge >= 0.3 is 6.18 Å². The van der Waals surface area contributed by atoms with Crippen LogP contribution in [-0.2, 0) is 12.6 Å². The standard InChI is InChI=1S/C15H14F3N3/c16-15(17,18)11-5-2-1-4-9(11)14-20-8-10-12(19)6-3-7-13(10)21-14/h1-2,4-5,8,12H,3,6-7,19H2. The van der Waals surface area contributed by atoms with E-state index in [1.54, 1.807) is 12.3 Å². The topological polar surface area (TPSA) is 51.8 Å². The average molecular weight is 293 g/mol. The molecule has 0 bridgehead atoms. The molecule has 6 heteroatoms. The Bertz CT molecular complexity index is 667. The van der Waals surface area contributed by atoms with Crippen molar-refractivity contribution in [1.29, 1.82) is 0 Å². The summed E-state index contributed by atoms with van der Waals surface area (Å²) in [4.78, 5) is 8.41. The van der Waals surface area contributed by atoms with Crippen LogP contribution in [0.3, 0.4) is 0 Å². The van der Waals surface area contributed by atoms with Crippen molar-refractivity contribution in [1.82, 2.24) is 9.97 Å². The van der Waals surface area contributed by atoms with Crippen LogP contribution in [0.1, 0.15) is 35.7 Å². The number of hydrogen-bond acceptors (Lipinski definition) is 3. The minimum atomic E-state index is -4.42. The van der Waals surface area contributed by atoms with Crippen molar-refractivity contribution >= 4 is 0 Å². The van der Waals surface area contributed by atoms with Gasteiger partial charge in [0.15, 0.2) is 5.82 Å². The highest BCUT2D eigenvalue weighted by molar-refractivity contribution is 5.61. The first-order chi connectivity index (χ1) is 9.97. The largest absolute Gasteiger partial charge is 0.417 e. The SMILES string of the molecule is NC1CCCc2nc(-c3ccccc3C(F)(F)F)ncc21. The molecule has 21 heavy (non-hydrogen) atoms. The number of hydrogen-bond donors (Lipinski definition) is 1. The summed E-state index contributed by atoms with van der Waals surface area (Å²) in [6.45, 7) is 0. The zero-order chi connectivity index (χ0) is 15.0. The van der Waals surface area contributed by atoms with Gasteiger partial charge in [-0.05, 0) is 25.3 Å². The molecule has 3 rings (SSSR count). The average Bonchev–Trinajstić information content (AvgIpc) is 2.46. The van der Waals surface area contributed by atoms with Gasteiger partial charge in [-0.1, -0.05) is 18.2 Å². The molecule has 1 aliphatic carbocycles. The number of benzene rings is 1. The predicted octanol–water partition coefficient (Wildman–Crippen LogP) is 3.50. The molecule has 0 aliphatic heterocycles. The molecule has 0 radical (unpaired) electrons. The van der Waals surface area contributed by atoms with Gasteiger partial charge in [-0.15, -0.1) is 0 Å². The van der Waals surface area contributed by atoms with E-state index in [0.717, 1.165) is 36.6 Å². The van der Waals surface area contributed by atoms with Crippen molar-refractivity contribution < 1.29 is 13.2 Å².